The van der Waals surface area contributed by atoms with E-state index in [1.807, 2.05) is 0 Å². The van der Waals surface area contributed by atoms with Crippen LogP contribution < -0.4 is 0 Å². The molecule has 1 unspecified atom stereocenters. The van der Waals surface area contributed by atoms with Crippen LogP contribution in [0.1, 0.15) is 38.5 Å². The van der Waals surface area contributed by atoms with E-state index in [4.69, 9.17) is 15.2 Å². The molecule has 0 aromatic carbocycles. The van der Waals surface area contributed by atoms with E-state index in [9.17, 15) is 8.42 Å². The molecule has 0 saturated heterocycles. The van der Waals surface area contributed by atoms with Gasteiger partial charge in [-0.25, -0.2) is 0 Å². The van der Waals surface area contributed by atoms with E-state index >= 15 is 0 Å². The zero-order valence-electron chi connectivity index (χ0n) is 12.0. The average molecular weight is 316 g/mol. The monoisotopic (exact) mass is 316 g/mol. The fourth-order valence-electron chi connectivity index (χ4n) is 2.71. The Morgan fingerprint density at radius 2 is 1.95 bits per heavy atom. The van der Waals surface area contributed by atoms with Crippen LogP contribution in [0.15, 0.2) is 10.2 Å². The minimum atomic E-state index is -3.63. The van der Waals surface area contributed by atoms with Crippen LogP contribution in [-0.2, 0) is 14.3 Å². The first-order valence-electron chi connectivity index (χ1n) is 6.89. The first-order chi connectivity index (χ1) is 9.96. The van der Waals surface area contributed by atoms with Crippen molar-refractivity contribution in [2.45, 2.75) is 50.7 Å². The summed E-state index contributed by atoms with van der Waals surface area (Å²) in [5.74, 6) is 0.0454. The van der Waals surface area contributed by atoms with Crippen molar-refractivity contribution >= 4 is 10.1 Å². The van der Waals surface area contributed by atoms with Gasteiger partial charge < -0.3 is 0 Å². The van der Waals surface area contributed by atoms with Gasteiger partial charge in [-0.1, -0.05) is 29.5 Å². The molecule has 0 N–H and O–H groups in total. The molecule has 0 aromatic heterocycles. The van der Waals surface area contributed by atoms with E-state index < -0.39 is 16.2 Å². The van der Waals surface area contributed by atoms with Crippen molar-refractivity contribution in [3.8, 4) is 0 Å². The molecule has 0 aromatic rings. The van der Waals surface area contributed by atoms with Crippen molar-refractivity contribution in [2.75, 3.05) is 12.8 Å². The number of rotatable bonds is 7. The topological polar surface area (TPSA) is 141 Å². The van der Waals surface area contributed by atoms with Crippen molar-refractivity contribution in [3.63, 3.8) is 0 Å². The van der Waals surface area contributed by atoms with Gasteiger partial charge in [-0.15, -0.1) is 0 Å². The first kappa shape index (κ1) is 17.6. The third-order valence-electron chi connectivity index (χ3n) is 3.54. The summed E-state index contributed by atoms with van der Waals surface area (Å²) >= 11 is 0. The van der Waals surface area contributed by atoms with E-state index in [-0.39, 0.29) is 18.5 Å². The van der Waals surface area contributed by atoms with Gasteiger partial charge in [0.25, 0.3) is 10.1 Å². The Morgan fingerprint density at radius 3 is 2.57 bits per heavy atom. The van der Waals surface area contributed by atoms with E-state index in [0.29, 0.717) is 6.42 Å². The van der Waals surface area contributed by atoms with Crippen molar-refractivity contribution < 1.29 is 12.6 Å². The molecule has 0 amide bonds. The van der Waals surface area contributed by atoms with Gasteiger partial charge in [-0.3, -0.25) is 4.18 Å². The van der Waals surface area contributed by atoms with E-state index in [2.05, 4.69) is 20.1 Å². The molecular formula is C11H20N6O3S. The van der Waals surface area contributed by atoms with Crippen LogP contribution in [0.3, 0.4) is 0 Å². The molecule has 0 radical (unpaired) electrons. The molecule has 3 atom stereocenters. The summed E-state index contributed by atoms with van der Waals surface area (Å²) in [6, 6.07) is -0.158. The maximum atomic E-state index is 11.3. The Labute approximate surface area is 124 Å². The lowest BCUT2D eigenvalue weighted by atomic mass is 9.90. The van der Waals surface area contributed by atoms with Crippen LogP contribution in [0.5, 0.6) is 0 Å². The predicted molar refractivity (Wildman–Crippen MR) is 77.9 cm³/mol. The van der Waals surface area contributed by atoms with Crippen molar-refractivity contribution in [1.82, 2.24) is 0 Å². The van der Waals surface area contributed by atoms with Crippen molar-refractivity contribution in [3.05, 3.63) is 20.9 Å². The molecule has 0 spiro atoms. The summed E-state index contributed by atoms with van der Waals surface area (Å²) < 4.78 is 27.5. The second-order valence-electron chi connectivity index (χ2n) is 5.24. The maximum absolute atomic E-state index is 11.3. The normalized spacial score (nSPS) is 24.2. The minimum Gasteiger partial charge on any atom is -0.267 e. The van der Waals surface area contributed by atoms with Crippen LogP contribution in [-0.4, -0.2) is 33.4 Å². The average Bonchev–Trinajstić information content (AvgIpc) is 2.61. The molecule has 0 aliphatic heterocycles. The summed E-state index contributed by atoms with van der Waals surface area (Å²) in [6.07, 6.45) is 5.37. The molecule has 1 aliphatic rings. The summed E-state index contributed by atoms with van der Waals surface area (Å²) in [6.45, 7) is -0.0525. The second-order valence-corrected chi connectivity index (χ2v) is 6.84. The Hall–Kier alpha value is -1.47. The quantitative estimate of drug-likeness (QED) is 0.234. The molecule has 1 saturated carbocycles. The second kappa shape index (κ2) is 8.74. The Morgan fingerprint density at radius 1 is 1.24 bits per heavy atom. The molecule has 1 aliphatic carbocycles. The number of hydrogen-bond donors (Lipinski definition) is 0. The van der Waals surface area contributed by atoms with Gasteiger partial charge >= 0.3 is 0 Å². The van der Waals surface area contributed by atoms with Gasteiger partial charge in [0.1, 0.15) is 0 Å². The zero-order chi connectivity index (χ0) is 15.7. The Balaban J connectivity index is 2.81. The molecule has 1 fully saturated rings. The molecule has 0 heterocycles. The van der Waals surface area contributed by atoms with Crippen LogP contribution in [0.2, 0.25) is 0 Å². The van der Waals surface area contributed by atoms with E-state index in [0.717, 1.165) is 38.4 Å². The Bertz CT molecular complexity index is 524. The highest BCUT2D eigenvalue weighted by Gasteiger charge is 2.27. The van der Waals surface area contributed by atoms with Gasteiger partial charge in [0.15, 0.2) is 0 Å². The summed E-state index contributed by atoms with van der Waals surface area (Å²) in [5, 5.41) is 7.23. The van der Waals surface area contributed by atoms with Crippen LogP contribution in [0.25, 0.3) is 20.9 Å². The lowest BCUT2D eigenvalue weighted by Gasteiger charge is -2.25. The van der Waals surface area contributed by atoms with Crippen LogP contribution in [0, 0.1) is 5.92 Å². The molecule has 1 rings (SSSR count). The van der Waals surface area contributed by atoms with Crippen molar-refractivity contribution in [1.29, 1.82) is 0 Å². The highest BCUT2D eigenvalue weighted by atomic mass is 32.2. The number of azide groups is 2. The van der Waals surface area contributed by atoms with Gasteiger partial charge in [-0.05, 0) is 36.2 Å². The van der Waals surface area contributed by atoms with E-state index in [1.54, 1.807) is 0 Å². The largest absolute Gasteiger partial charge is 0.267 e. The lowest BCUT2D eigenvalue weighted by Crippen LogP contribution is -2.28. The fraction of sp³-hybridized carbons (Fsp3) is 1.00. The lowest BCUT2D eigenvalue weighted by molar-refractivity contribution is 0.170. The summed E-state index contributed by atoms with van der Waals surface area (Å²) in [4.78, 5) is 5.52. The minimum absolute atomic E-state index is 0.0454. The van der Waals surface area contributed by atoms with Gasteiger partial charge in [0.2, 0.25) is 0 Å². The van der Waals surface area contributed by atoms with Gasteiger partial charge in [0, 0.05) is 15.9 Å². The fourth-order valence-corrected chi connectivity index (χ4v) is 3.35. The Kier molecular flexibility index (Phi) is 7.31. The van der Waals surface area contributed by atoms with E-state index in [1.165, 1.54) is 0 Å². The summed E-state index contributed by atoms with van der Waals surface area (Å²) in [7, 11) is -3.63. The predicted octanol–water partition coefficient (Wildman–Crippen LogP) is 3.29. The highest BCUT2D eigenvalue weighted by Crippen LogP contribution is 2.30. The standard InChI is InChI=1S/C11H20N6O3S/c1-21(18,19)20-10(8-14-16-12)7-9-5-3-2-4-6-11(9)15-17-13/h9-11H,2-8H2,1H3/t9-,10?,11+/m0/s1. The van der Waals surface area contributed by atoms with Crippen LogP contribution >= 0.6 is 0 Å². The molecule has 118 valence electrons. The number of hydrogen-bond acceptors (Lipinski definition) is 5. The number of nitrogens with zero attached hydrogens (tertiary/aromatic N) is 6. The SMILES string of the molecule is CS(=O)(=O)OC(CN=[N+]=[N-])C[C@@H]1CCCCC[C@H]1N=[N+]=[N-]. The van der Waals surface area contributed by atoms with Gasteiger partial charge in [-0.2, -0.15) is 8.42 Å². The first-order valence-corrected chi connectivity index (χ1v) is 8.71. The molecule has 9 nitrogen and oxygen atoms in total. The summed E-state index contributed by atoms with van der Waals surface area (Å²) in [5.41, 5.74) is 17.0. The molecule has 21 heavy (non-hydrogen) atoms. The molecular weight excluding hydrogens is 296 g/mol. The molecule has 10 heteroatoms. The zero-order valence-corrected chi connectivity index (χ0v) is 12.8. The smallest absolute Gasteiger partial charge is 0.264 e. The molecule has 0 bridgehead atoms. The third-order valence-corrected chi connectivity index (χ3v) is 4.17. The highest BCUT2D eigenvalue weighted by molar-refractivity contribution is 7.86. The van der Waals surface area contributed by atoms with Crippen LogP contribution in [0.4, 0.5) is 0 Å². The van der Waals surface area contributed by atoms with Gasteiger partial charge in [0.05, 0.1) is 18.9 Å². The van der Waals surface area contributed by atoms with Crippen molar-refractivity contribution in [2.24, 2.45) is 16.1 Å². The third kappa shape index (κ3) is 7.19. The maximum Gasteiger partial charge on any atom is 0.264 e.